The van der Waals surface area contributed by atoms with Crippen LogP contribution < -0.4 is 15.4 Å². The Morgan fingerprint density at radius 1 is 1.03 bits per heavy atom. The minimum atomic E-state index is -1.55. The standard InChI is InChI=1S/C27H22Cl2F2N2O3/c1-13(2)36-21-9-8-19(30)24(31)23(21)25-27(17-7-6-16(29)11-20(17)32-26(27)35)18(12-22(34)33-25)14-4-3-5-15(28)10-14/h3-11,13,18,25H,12H2,1-2H3,(H,32,35)(H,33,34)/t18-,25+,27-/m0/s1. The zero-order valence-corrected chi connectivity index (χ0v) is 20.9. The van der Waals surface area contributed by atoms with Crippen LogP contribution in [0.25, 0.3) is 0 Å². The predicted octanol–water partition coefficient (Wildman–Crippen LogP) is 6.29. The highest BCUT2D eigenvalue weighted by molar-refractivity contribution is 6.31. The highest BCUT2D eigenvalue weighted by Crippen LogP contribution is 2.59. The first-order chi connectivity index (χ1) is 17.1. The lowest BCUT2D eigenvalue weighted by atomic mass is 9.59. The molecule has 2 heterocycles. The zero-order chi connectivity index (χ0) is 25.8. The highest BCUT2D eigenvalue weighted by Gasteiger charge is 2.62. The molecule has 0 bridgehead atoms. The number of halogens is 4. The summed E-state index contributed by atoms with van der Waals surface area (Å²) in [6.07, 6.45) is -0.458. The van der Waals surface area contributed by atoms with Gasteiger partial charge in [-0.2, -0.15) is 0 Å². The van der Waals surface area contributed by atoms with Crippen molar-refractivity contribution in [1.82, 2.24) is 5.32 Å². The van der Waals surface area contributed by atoms with Gasteiger partial charge in [-0.3, -0.25) is 9.59 Å². The molecule has 2 amide bonds. The Labute approximate surface area is 216 Å². The van der Waals surface area contributed by atoms with Crippen LogP contribution in [0.4, 0.5) is 14.5 Å². The minimum absolute atomic E-state index is 0.0375. The van der Waals surface area contributed by atoms with E-state index in [1.165, 1.54) is 6.07 Å². The fourth-order valence-electron chi connectivity index (χ4n) is 5.42. The summed E-state index contributed by atoms with van der Waals surface area (Å²) < 4.78 is 36.1. The Balaban J connectivity index is 1.85. The summed E-state index contributed by atoms with van der Waals surface area (Å²) in [5.74, 6) is -3.94. The van der Waals surface area contributed by atoms with Gasteiger partial charge in [0, 0.05) is 28.1 Å². The normalized spacial score (nSPS) is 23.0. The van der Waals surface area contributed by atoms with Crippen molar-refractivity contribution >= 4 is 40.7 Å². The number of ether oxygens (including phenoxy) is 1. The van der Waals surface area contributed by atoms with E-state index >= 15 is 4.39 Å². The molecule has 3 aromatic rings. The van der Waals surface area contributed by atoms with E-state index in [1.807, 2.05) is 0 Å². The summed E-state index contributed by atoms with van der Waals surface area (Å²) in [5.41, 5.74) is -0.234. The molecular weight excluding hydrogens is 509 g/mol. The van der Waals surface area contributed by atoms with E-state index in [-0.39, 0.29) is 23.8 Å². The van der Waals surface area contributed by atoms with Gasteiger partial charge in [0.1, 0.15) is 11.2 Å². The van der Waals surface area contributed by atoms with E-state index in [0.29, 0.717) is 26.9 Å². The Morgan fingerprint density at radius 3 is 2.50 bits per heavy atom. The number of rotatable bonds is 4. The number of hydrogen-bond donors (Lipinski definition) is 2. The maximum absolute atomic E-state index is 15.6. The second-order valence-corrected chi connectivity index (χ2v) is 10.1. The number of hydrogen-bond acceptors (Lipinski definition) is 3. The third-order valence-corrected chi connectivity index (χ3v) is 7.22. The summed E-state index contributed by atoms with van der Waals surface area (Å²) in [7, 11) is 0. The average Bonchev–Trinajstić information content (AvgIpc) is 3.09. The van der Waals surface area contributed by atoms with Gasteiger partial charge >= 0.3 is 0 Å². The molecule has 36 heavy (non-hydrogen) atoms. The third-order valence-electron chi connectivity index (χ3n) is 6.75. The van der Waals surface area contributed by atoms with Crippen molar-refractivity contribution in [3.05, 3.63) is 93.0 Å². The molecule has 1 saturated heterocycles. The van der Waals surface area contributed by atoms with Crippen LogP contribution >= 0.6 is 23.2 Å². The summed E-state index contributed by atoms with van der Waals surface area (Å²) in [5, 5.41) is 6.46. The molecule has 1 spiro atoms. The van der Waals surface area contributed by atoms with Gasteiger partial charge in [-0.15, -0.1) is 0 Å². The molecule has 1 fully saturated rings. The number of amides is 2. The van der Waals surface area contributed by atoms with Crippen molar-refractivity contribution in [2.75, 3.05) is 5.32 Å². The van der Waals surface area contributed by atoms with E-state index in [9.17, 15) is 14.0 Å². The van der Waals surface area contributed by atoms with Crippen LogP contribution in [0.3, 0.4) is 0 Å². The molecule has 186 valence electrons. The Kier molecular flexibility index (Phi) is 6.17. The number of carbonyl (C=O) groups is 2. The van der Waals surface area contributed by atoms with E-state index < -0.39 is 40.8 Å². The van der Waals surface area contributed by atoms with Crippen molar-refractivity contribution < 1.29 is 23.1 Å². The second kappa shape index (κ2) is 9.05. The quantitative estimate of drug-likeness (QED) is 0.416. The van der Waals surface area contributed by atoms with Crippen molar-refractivity contribution in [1.29, 1.82) is 0 Å². The van der Waals surface area contributed by atoms with Crippen molar-refractivity contribution in [2.24, 2.45) is 0 Å². The van der Waals surface area contributed by atoms with Gasteiger partial charge in [-0.05, 0) is 61.4 Å². The van der Waals surface area contributed by atoms with E-state index in [0.717, 1.165) is 6.07 Å². The Bertz CT molecular complexity index is 1400. The SMILES string of the molecule is CC(C)Oc1ccc(F)c(F)c1[C@H]1NC(=O)C[C@@H](c2cccc(Cl)c2)[C@]12C(=O)Nc1cc(Cl)ccc12. The van der Waals surface area contributed by atoms with Crippen LogP contribution in [0, 0.1) is 11.6 Å². The monoisotopic (exact) mass is 530 g/mol. The number of nitrogens with one attached hydrogen (secondary N) is 2. The van der Waals surface area contributed by atoms with Crippen LogP contribution in [0.1, 0.15) is 48.9 Å². The second-order valence-electron chi connectivity index (χ2n) is 9.27. The summed E-state index contributed by atoms with van der Waals surface area (Å²) in [6, 6.07) is 12.7. The first-order valence-electron chi connectivity index (χ1n) is 11.4. The topological polar surface area (TPSA) is 67.4 Å². The third kappa shape index (κ3) is 3.82. The average molecular weight is 531 g/mol. The van der Waals surface area contributed by atoms with Crippen LogP contribution in [-0.2, 0) is 15.0 Å². The van der Waals surface area contributed by atoms with Gasteiger partial charge in [0.2, 0.25) is 11.8 Å². The molecule has 2 aliphatic heterocycles. The molecule has 0 unspecified atom stereocenters. The molecule has 2 aliphatic rings. The number of piperidine rings is 1. The molecule has 0 aliphatic carbocycles. The molecule has 0 radical (unpaired) electrons. The number of fused-ring (bicyclic) bond motifs is 2. The van der Waals surface area contributed by atoms with Gasteiger partial charge in [0.25, 0.3) is 0 Å². The van der Waals surface area contributed by atoms with Gasteiger partial charge in [-0.1, -0.05) is 41.4 Å². The first-order valence-corrected chi connectivity index (χ1v) is 12.2. The fourth-order valence-corrected chi connectivity index (χ4v) is 5.79. The summed E-state index contributed by atoms with van der Waals surface area (Å²) >= 11 is 12.5. The summed E-state index contributed by atoms with van der Waals surface area (Å²) in [4.78, 5) is 27.1. The number of benzene rings is 3. The molecular formula is C27H22Cl2F2N2O3. The van der Waals surface area contributed by atoms with E-state index in [2.05, 4.69) is 10.6 Å². The van der Waals surface area contributed by atoms with Gasteiger partial charge < -0.3 is 15.4 Å². The van der Waals surface area contributed by atoms with Gasteiger partial charge in [0.15, 0.2) is 11.6 Å². The fraction of sp³-hybridized carbons (Fsp3) is 0.259. The lowest BCUT2D eigenvalue weighted by molar-refractivity contribution is -0.131. The van der Waals surface area contributed by atoms with Crippen LogP contribution in [0.15, 0.2) is 54.6 Å². The molecule has 5 rings (SSSR count). The van der Waals surface area contributed by atoms with Gasteiger partial charge in [-0.25, -0.2) is 8.78 Å². The molecule has 9 heteroatoms. The van der Waals surface area contributed by atoms with Crippen molar-refractivity contribution in [2.45, 2.75) is 43.7 Å². The number of carbonyl (C=O) groups excluding carboxylic acids is 2. The predicted molar refractivity (Wildman–Crippen MR) is 134 cm³/mol. The zero-order valence-electron chi connectivity index (χ0n) is 19.4. The molecule has 5 nitrogen and oxygen atoms in total. The van der Waals surface area contributed by atoms with E-state index in [4.69, 9.17) is 27.9 Å². The molecule has 0 aromatic heterocycles. The largest absolute Gasteiger partial charge is 0.491 e. The Morgan fingerprint density at radius 2 is 1.78 bits per heavy atom. The molecule has 3 aromatic carbocycles. The van der Waals surface area contributed by atoms with Gasteiger partial charge in [0.05, 0.1) is 17.7 Å². The maximum atomic E-state index is 15.6. The molecule has 3 atom stereocenters. The number of anilines is 1. The molecule has 0 saturated carbocycles. The van der Waals surface area contributed by atoms with Crippen LogP contribution in [0.2, 0.25) is 10.0 Å². The maximum Gasteiger partial charge on any atom is 0.238 e. The van der Waals surface area contributed by atoms with Crippen LogP contribution in [0.5, 0.6) is 5.75 Å². The van der Waals surface area contributed by atoms with Crippen LogP contribution in [-0.4, -0.2) is 17.9 Å². The lowest BCUT2D eigenvalue weighted by Gasteiger charge is -2.46. The van der Waals surface area contributed by atoms with Crippen molar-refractivity contribution in [3.8, 4) is 5.75 Å². The highest BCUT2D eigenvalue weighted by atomic mass is 35.5. The minimum Gasteiger partial charge on any atom is -0.491 e. The van der Waals surface area contributed by atoms with Crippen molar-refractivity contribution in [3.63, 3.8) is 0 Å². The molecule has 2 N–H and O–H groups in total. The van der Waals surface area contributed by atoms with E-state index in [1.54, 1.807) is 56.3 Å². The Hall–Kier alpha value is -3.16. The first kappa shape index (κ1) is 24.5. The lowest BCUT2D eigenvalue weighted by Crippen LogP contribution is -2.57. The summed E-state index contributed by atoms with van der Waals surface area (Å²) in [6.45, 7) is 3.49. The smallest absolute Gasteiger partial charge is 0.238 e.